The highest BCUT2D eigenvalue weighted by atomic mass is 32.2. The zero-order chi connectivity index (χ0) is 19.4. The van der Waals surface area contributed by atoms with Crippen molar-refractivity contribution in [2.24, 2.45) is 0 Å². The average molecular weight is 424 g/mol. The second-order valence-corrected chi connectivity index (χ2v) is 9.72. The fourth-order valence-electron chi connectivity index (χ4n) is 2.21. The third-order valence-corrected chi connectivity index (χ3v) is 7.29. The molecular formula is C17H17N3O4S3. The summed E-state index contributed by atoms with van der Waals surface area (Å²) in [7, 11) is -3.57. The van der Waals surface area contributed by atoms with Gasteiger partial charge in [-0.1, -0.05) is 11.2 Å². The van der Waals surface area contributed by atoms with Gasteiger partial charge in [-0.3, -0.25) is 4.79 Å². The van der Waals surface area contributed by atoms with Crippen LogP contribution in [0.25, 0.3) is 12.2 Å². The lowest BCUT2D eigenvalue weighted by Gasteiger charge is -2.02. The zero-order valence-corrected chi connectivity index (χ0v) is 17.0. The minimum absolute atomic E-state index is 0.225. The predicted octanol–water partition coefficient (Wildman–Crippen LogP) is 3.71. The minimum Gasteiger partial charge on any atom is -0.354 e. The van der Waals surface area contributed by atoms with E-state index in [0.29, 0.717) is 17.1 Å². The number of rotatable bonds is 7. The molecule has 0 radical (unpaired) electrons. The van der Waals surface area contributed by atoms with Crippen molar-refractivity contribution >= 4 is 56.4 Å². The molecule has 1 amide bonds. The minimum atomic E-state index is -3.57. The van der Waals surface area contributed by atoms with Crippen LogP contribution < -0.4 is 10.0 Å². The molecule has 0 aliphatic rings. The second-order valence-electron chi connectivity index (χ2n) is 5.58. The van der Waals surface area contributed by atoms with Gasteiger partial charge in [-0.2, -0.15) is 0 Å². The molecule has 2 N–H and O–H groups in total. The zero-order valence-electron chi connectivity index (χ0n) is 14.6. The molecule has 3 aromatic heterocycles. The van der Waals surface area contributed by atoms with Gasteiger partial charge >= 0.3 is 0 Å². The van der Waals surface area contributed by atoms with Gasteiger partial charge in [0.05, 0.1) is 0 Å². The summed E-state index contributed by atoms with van der Waals surface area (Å²) in [5, 5.41) is 8.40. The number of aromatic nitrogens is 1. The van der Waals surface area contributed by atoms with E-state index in [-0.39, 0.29) is 16.7 Å². The van der Waals surface area contributed by atoms with Crippen molar-refractivity contribution in [3.63, 3.8) is 0 Å². The highest BCUT2D eigenvalue weighted by molar-refractivity contribution is 7.91. The van der Waals surface area contributed by atoms with E-state index in [1.807, 2.05) is 17.5 Å². The van der Waals surface area contributed by atoms with E-state index >= 15 is 0 Å². The highest BCUT2D eigenvalue weighted by Gasteiger charge is 2.17. The summed E-state index contributed by atoms with van der Waals surface area (Å²) in [6, 6.07) is 7.02. The van der Waals surface area contributed by atoms with E-state index in [2.05, 4.69) is 15.2 Å². The van der Waals surface area contributed by atoms with Gasteiger partial charge in [0.2, 0.25) is 15.9 Å². The Morgan fingerprint density at radius 3 is 2.81 bits per heavy atom. The van der Waals surface area contributed by atoms with Gasteiger partial charge in [0.1, 0.15) is 15.6 Å². The topological polar surface area (TPSA) is 101 Å². The number of thiophene rings is 2. The van der Waals surface area contributed by atoms with Crippen LogP contribution in [0.15, 0.2) is 38.4 Å². The molecule has 0 aromatic carbocycles. The summed E-state index contributed by atoms with van der Waals surface area (Å²) in [5.41, 5.74) is 1.07. The Balaban J connectivity index is 1.72. The maximum atomic E-state index is 12.4. The SMILES string of the molecule is CC(=O)Nc1c(C)noc1/C=C/c1ccc(S(=O)(=O)NCc2cccs2)s1. The van der Waals surface area contributed by atoms with Crippen LogP contribution in [0.4, 0.5) is 5.69 Å². The van der Waals surface area contributed by atoms with Crippen LogP contribution in [0.3, 0.4) is 0 Å². The predicted molar refractivity (Wildman–Crippen MR) is 107 cm³/mol. The van der Waals surface area contributed by atoms with E-state index < -0.39 is 10.0 Å². The van der Waals surface area contributed by atoms with Crippen molar-refractivity contribution in [3.05, 3.63) is 50.9 Å². The van der Waals surface area contributed by atoms with Crippen LogP contribution in [0, 0.1) is 6.92 Å². The van der Waals surface area contributed by atoms with Gasteiger partial charge in [-0.15, -0.1) is 22.7 Å². The Morgan fingerprint density at radius 2 is 2.11 bits per heavy atom. The monoisotopic (exact) mass is 423 g/mol. The van der Waals surface area contributed by atoms with Crippen LogP contribution in [-0.2, 0) is 21.4 Å². The van der Waals surface area contributed by atoms with Crippen molar-refractivity contribution in [1.29, 1.82) is 0 Å². The maximum absolute atomic E-state index is 12.4. The normalized spacial score (nSPS) is 11.9. The lowest BCUT2D eigenvalue weighted by molar-refractivity contribution is -0.114. The fraction of sp³-hybridized carbons (Fsp3) is 0.176. The van der Waals surface area contributed by atoms with Crippen molar-refractivity contribution in [2.45, 2.75) is 24.6 Å². The lowest BCUT2D eigenvalue weighted by Crippen LogP contribution is -2.21. The third-order valence-electron chi connectivity index (χ3n) is 3.47. The van der Waals surface area contributed by atoms with E-state index in [1.165, 1.54) is 18.3 Å². The van der Waals surface area contributed by atoms with E-state index in [9.17, 15) is 13.2 Å². The molecule has 27 heavy (non-hydrogen) atoms. The van der Waals surface area contributed by atoms with Crippen LogP contribution >= 0.6 is 22.7 Å². The van der Waals surface area contributed by atoms with Gasteiger partial charge in [-0.05, 0) is 42.7 Å². The van der Waals surface area contributed by atoms with Gasteiger partial charge in [-0.25, -0.2) is 13.1 Å². The number of nitrogens with one attached hydrogen (secondary N) is 2. The molecule has 0 aliphatic carbocycles. The standard InChI is InChI=1S/C17H17N3O4S3/c1-11-17(19-12(2)21)15(24-20-11)7-5-13-6-8-16(26-13)27(22,23)18-10-14-4-3-9-25-14/h3-9,18H,10H2,1-2H3,(H,19,21)/b7-5+. The summed E-state index contributed by atoms with van der Waals surface area (Å²) in [4.78, 5) is 13.0. The molecule has 0 unspecified atom stereocenters. The number of aryl methyl sites for hydroxylation is 1. The average Bonchev–Trinajstić information content (AvgIpc) is 3.34. The number of carbonyl (C=O) groups is 1. The first-order valence-corrected chi connectivity index (χ1v) is 11.1. The summed E-state index contributed by atoms with van der Waals surface area (Å²) in [6.45, 7) is 3.39. The first-order valence-electron chi connectivity index (χ1n) is 7.89. The summed E-state index contributed by atoms with van der Waals surface area (Å²) >= 11 is 2.64. The molecule has 0 saturated carbocycles. The van der Waals surface area contributed by atoms with Crippen LogP contribution in [0.5, 0.6) is 0 Å². The van der Waals surface area contributed by atoms with Crippen LogP contribution in [-0.4, -0.2) is 19.5 Å². The number of amides is 1. The van der Waals surface area contributed by atoms with Crippen LogP contribution in [0.2, 0.25) is 0 Å². The molecule has 0 atom stereocenters. The Morgan fingerprint density at radius 1 is 1.30 bits per heavy atom. The number of hydrogen-bond acceptors (Lipinski definition) is 7. The van der Waals surface area contributed by atoms with Crippen molar-refractivity contribution in [3.8, 4) is 0 Å². The number of anilines is 1. The van der Waals surface area contributed by atoms with Crippen molar-refractivity contribution in [1.82, 2.24) is 9.88 Å². The molecule has 7 nitrogen and oxygen atoms in total. The molecule has 3 heterocycles. The molecule has 3 aromatic rings. The van der Waals surface area contributed by atoms with Gasteiger partial charge < -0.3 is 9.84 Å². The lowest BCUT2D eigenvalue weighted by atomic mass is 10.2. The number of carbonyl (C=O) groups excluding carboxylic acids is 1. The maximum Gasteiger partial charge on any atom is 0.250 e. The smallest absolute Gasteiger partial charge is 0.250 e. The Bertz CT molecular complexity index is 1060. The molecule has 0 fully saturated rings. The Hall–Kier alpha value is -2.27. The second kappa shape index (κ2) is 8.17. The van der Waals surface area contributed by atoms with E-state index in [1.54, 1.807) is 31.2 Å². The number of nitrogens with zero attached hydrogens (tertiary/aromatic N) is 1. The first kappa shape index (κ1) is 19.5. The fourth-order valence-corrected chi connectivity index (χ4v) is 5.22. The number of hydrogen-bond donors (Lipinski definition) is 2. The molecule has 3 rings (SSSR count). The van der Waals surface area contributed by atoms with Gasteiger partial charge in [0, 0.05) is 23.2 Å². The molecular weight excluding hydrogens is 406 g/mol. The summed E-state index contributed by atoms with van der Waals surface area (Å²) < 4.78 is 32.8. The van der Waals surface area contributed by atoms with Gasteiger partial charge in [0.25, 0.3) is 0 Å². The Labute approximate surface area is 164 Å². The van der Waals surface area contributed by atoms with Crippen molar-refractivity contribution in [2.75, 3.05) is 5.32 Å². The molecule has 142 valence electrons. The molecule has 0 bridgehead atoms. The van der Waals surface area contributed by atoms with E-state index in [4.69, 9.17) is 4.52 Å². The molecule has 10 heteroatoms. The summed E-state index contributed by atoms with van der Waals surface area (Å²) in [5.74, 6) is 0.175. The quantitative estimate of drug-likeness (QED) is 0.603. The third kappa shape index (κ3) is 4.92. The highest BCUT2D eigenvalue weighted by Crippen LogP contribution is 2.26. The van der Waals surface area contributed by atoms with Gasteiger partial charge in [0.15, 0.2) is 5.76 Å². The molecule has 0 aliphatic heterocycles. The van der Waals surface area contributed by atoms with E-state index in [0.717, 1.165) is 21.1 Å². The largest absolute Gasteiger partial charge is 0.354 e. The van der Waals surface area contributed by atoms with Crippen molar-refractivity contribution < 1.29 is 17.7 Å². The summed E-state index contributed by atoms with van der Waals surface area (Å²) in [6.07, 6.45) is 3.36. The molecule has 0 spiro atoms. The molecule has 0 saturated heterocycles. The van der Waals surface area contributed by atoms with Crippen LogP contribution in [0.1, 0.15) is 28.1 Å². The Kier molecular flexibility index (Phi) is 5.90. The first-order chi connectivity index (χ1) is 12.8. The number of sulfonamides is 1.